The van der Waals surface area contributed by atoms with E-state index in [9.17, 15) is 4.79 Å². The summed E-state index contributed by atoms with van der Waals surface area (Å²) in [6.45, 7) is 3.39. The normalized spacial score (nSPS) is 10.3. The van der Waals surface area contributed by atoms with Crippen molar-refractivity contribution in [3.8, 4) is 11.4 Å². The predicted molar refractivity (Wildman–Crippen MR) is 57.9 cm³/mol. The van der Waals surface area contributed by atoms with E-state index in [2.05, 4.69) is 14.3 Å². The maximum atomic E-state index is 11.1. The van der Waals surface area contributed by atoms with Gasteiger partial charge in [-0.25, -0.2) is 4.98 Å². The summed E-state index contributed by atoms with van der Waals surface area (Å²) in [5, 5.41) is 0.444. The highest BCUT2D eigenvalue weighted by atomic mass is 32.1. The molecule has 0 N–H and O–H groups in total. The standard InChI is InChI=1S/C10H9N3OS/c1-6-5-8(3-4-11-6)9-12-10(7(2)14)15-13-9/h3-5H,1-2H3. The summed E-state index contributed by atoms with van der Waals surface area (Å²) in [6, 6.07) is 3.73. The van der Waals surface area contributed by atoms with Gasteiger partial charge in [-0.3, -0.25) is 9.78 Å². The van der Waals surface area contributed by atoms with Gasteiger partial charge in [-0.05, 0) is 30.6 Å². The number of aromatic nitrogens is 3. The zero-order chi connectivity index (χ0) is 10.8. The molecule has 0 amide bonds. The quantitative estimate of drug-likeness (QED) is 0.726. The Balaban J connectivity index is 2.41. The van der Waals surface area contributed by atoms with E-state index < -0.39 is 0 Å². The van der Waals surface area contributed by atoms with Crippen LogP contribution in [0.5, 0.6) is 0 Å². The lowest BCUT2D eigenvalue weighted by molar-refractivity contribution is 0.101. The zero-order valence-corrected chi connectivity index (χ0v) is 9.21. The Kier molecular flexibility index (Phi) is 2.55. The number of aryl methyl sites for hydroxylation is 1. The first-order valence-corrected chi connectivity index (χ1v) is 5.22. The van der Waals surface area contributed by atoms with Crippen molar-refractivity contribution < 1.29 is 4.79 Å². The van der Waals surface area contributed by atoms with Crippen LogP contribution in [0, 0.1) is 6.92 Å². The van der Waals surface area contributed by atoms with Crippen LogP contribution in [-0.4, -0.2) is 20.1 Å². The van der Waals surface area contributed by atoms with E-state index in [0.29, 0.717) is 10.8 Å². The summed E-state index contributed by atoms with van der Waals surface area (Å²) >= 11 is 1.13. The van der Waals surface area contributed by atoms with Crippen LogP contribution in [0.1, 0.15) is 22.4 Å². The highest BCUT2D eigenvalue weighted by molar-refractivity contribution is 7.07. The summed E-state index contributed by atoms with van der Waals surface area (Å²) in [4.78, 5) is 19.3. The van der Waals surface area contributed by atoms with E-state index in [0.717, 1.165) is 22.8 Å². The van der Waals surface area contributed by atoms with Gasteiger partial charge in [-0.15, -0.1) is 0 Å². The van der Waals surface area contributed by atoms with Crippen LogP contribution in [0.4, 0.5) is 0 Å². The van der Waals surface area contributed by atoms with Gasteiger partial charge in [0, 0.05) is 24.4 Å². The minimum atomic E-state index is -0.0514. The number of nitrogens with zero attached hydrogens (tertiary/aromatic N) is 3. The lowest BCUT2D eigenvalue weighted by Gasteiger charge is -1.95. The van der Waals surface area contributed by atoms with Crippen molar-refractivity contribution >= 4 is 17.3 Å². The first kappa shape index (κ1) is 9.92. The molecule has 15 heavy (non-hydrogen) atoms. The van der Waals surface area contributed by atoms with Gasteiger partial charge in [0.15, 0.2) is 16.6 Å². The molecule has 0 bridgehead atoms. The van der Waals surface area contributed by atoms with Crippen molar-refractivity contribution in [1.29, 1.82) is 0 Å². The smallest absolute Gasteiger partial charge is 0.189 e. The fourth-order valence-electron chi connectivity index (χ4n) is 1.17. The Morgan fingerprint density at radius 3 is 2.87 bits per heavy atom. The summed E-state index contributed by atoms with van der Waals surface area (Å²) in [5.74, 6) is 0.542. The molecule has 0 saturated carbocycles. The Morgan fingerprint density at radius 1 is 1.47 bits per heavy atom. The number of carbonyl (C=O) groups excluding carboxylic acids is 1. The van der Waals surface area contributed by atoms with Crippen molar-refractivity contribution in [2.45, 2.75) is 13.8 Å². The molecular formula is C10H9N3OS. The average molecular weight is 219 g/mol. The van der Waals surface area contributed by atoms with Crippen molar-refractivity contribution in [3.05, 3.63) is 29.0 Å². The van der Waals surface area contributed by atoms with Crippen LogP contribution in [0.15, 0.2) is 18.3 Å². The number of ketones is 1. The molecule has 0 aliphatic rings. The average Bonchev–Trinajstić information content (AvgIpc) is 2.66. The van der Waals surface area contributed by atoms with Gasteiger partial charge in [0.25, 0.3) is 0 Å². The molecule has 2 heterocycles. The van der Waals surface area contributed by atoms with E-state index in [1.165, 1.54) is 6.92 Å². The molecule has 0 radical (unpaired) electrons. The number of carbonyl (C=O) groups is 1. The molecule has 0 aliphatic carbocycles. The predicted octanol–water partition coefficient (Wildman–Crippen LogP) is 2.11. The molecule has 2 aromatic rings. The molecule has 0 fully saturated rings. The van der Waals surface area contributed by atoms with Crippen molar-refractivity contribution in [1.82, 2.24) is 14.3 Å². The Hall–Kier alpha value is -1.62. The van der Waals surface area contributed by atoms with Gasteiger partial charge in [-0.2, -0.15) is 4.37 Å². The Morgan fingerprint density at radius 2 is 2.27 bits per heavy atom. The van der Waals surface area contributed by atoms with Crippen LogP contribution >= 0.6 is 11.5 Å². The minimum absolute atomic E-state index is 0.0514. The number of Topliss-reactive ketones (excluding diaryl/α,β-unsaturated/α-hetero) is 1. The first-order chi connectivity index (χ1) is 7.16. The van der Waals surface area contributed by atoms with Crippen molar-refractivity contribution in [2.24, 2.45) is 0 Å². The number of pyridine rings is 1. The number of rotatable bonds is 2. The van der Waals surface area contributed by atoms with Crippen LogP contribution in [0.3, 0.4) is 0 Å². The highest BCUT2D eigenvalue weighted by Gasteiger charge is 2.09. The van der Waals surface area contributed by atoms with Gasteiger partial charge in [0.2, 0.25) is 0 Å². The van der Waals surface area contributed by atoms with Gasteiger partial charge in [-0.1, -0.05) is 0 Å². The fourth-order valence-corrected chi connectivity index (χ4v) is 1.74. The van der Waals surface area contributed by atoms with E-state index in [4.69, 9.17) is 0 Å². The van der Waals surface area contributed by atoms with Gasteiger partial charge in [0.1, 0.15) is 0 Å². The molecular weight excluding hydrogens is 210 g/mol. The van der Waals surface area contributed by atoms with Crippen LogP contribution in [0.25, 0.3) is 11.4 Å². The molecule has 0 spiro atoms. The highest BCUT2D eigenvalue weighted by Crippen LogP contribution is 2.18. The lowest BCUT2D eigenvalue weighted by atomic mass is 10.2. The molecule has 5 heteroatoms. The Labute approximate surface area is 91.2 Å². The molecule has 2 aromatic heterocycles. The molecule has 0 aromatic carbocycles. The van der Waals surface area contributed by atoms with Gasteiger partial charge < -0.3 is 0 Å². The molecule has 0 saturated heterocycles. The topological polar surface area (TPSA) is 55.7 Å². The third-order valence-corrected chi connectivity index (χ3v) is 2.70. The van der Waals surface area contributed by atoms with Crippen molar-refractivity contribution in [2.75, 3.05) is 0 Å². The summed E-state index contributed by atoms with van der Waals surface area (Å²) in [5.41, 5.74) is 1.80. The second kappa shape index (κ2) is 3.86. The Bertz CT molecular complexity index is 507. The molecule has 0 aliphatic heterocycles. The largest absolute Gasteiger partial charge is 0.292 e. The molecule has 76 valence electrons. The molecule has 2 rings (SSSR count). The van der Waals surface area contributed by atoms with Crippen molar-refractivity contribution in [3.63, 3.8) is 0 Å². The summed E-state index contributed by atoms with van der Waals surface area (Å²) in [6.07, 6.45) is 1.71. The van der Waals surface area contributed by atoms with Crippen LogP contribution in [-0.2, 0) is 0 Å². The summed E-state index contributed by atoms with van der Waals surface area (Å²) < 4.78 is 4.13. The number of hydrogen-bond donors (Lipinski definition) is 0. The molecule has 0 unspecified atom stereocenters. The van der Waals surface area contributed by atoms with Gasteiger partial charge >= 0.3 is 0 Å². The molecule has 4 nitrogen and oxygen atoms in total. The van der Waals surface area contributed by atoms with E-state index >= 15 is 0 Å². The molecule has 0 atom stereocenters. The second-order valence-corrected chi connectivity index (χ2v) is 3.92. The van der Waals surface area contributed by atoms with E-state index in [1.807, 2.05) is 19.1 Å². The lowest BCUT2D eigenvalue weighted by Crippen LogP contribution is -1.90. The fraction of sp³-hybridized carbons (Fsp3) is 0.200. The third-order valence-electron chi connectivity index (χ3n) is 1.88. The minimum Gasteiger partial charge on any atom is -0.292 e. The monoisotopic (exact) mass is 219 g/mol. The third kappa shape index (κ3) is 2.07. The maximum Gasteiger partial charge on any atom is 0.189 e. The van der Waals surface area contributed by atoms with E-state index in [-0.39, 0.29) is 5.78 Å². The maximum absolute atomic E-state index is 11.1. The first-order valence-electron chi connectivity index (χ1n) is 4.44. The SMILES string of the molecule is CC(=O)c1nc(-c2ccnc(C)c2)ns1. The van der Waals surface area contributed by atoms with E-state index in [1.54, 1.807) is 6.20 Å². The summed E-state index contributed by atoms with van der Waals surface area (Å²) in [7, 11) is 0. The zero-order valence-electron chi connectivity index (χ0n) is 8.39. The van der Waals surface area contributed by atoms with Gasteiger partial charge in [0.05, 0.1) is 0 Å². The second-order valence-electron chi connectivity index (χ2n) is 3.17. The van der Waals surface area contributed by atoms with Crippen LogP contribution < -0.4 is 0 Å². The van der Waals surface area contributed by atoms with Crippen LogP contribution in [0.2, 0.25) is 0 Å². The number of hydrogen-bond acceptors (Lipinski definition) is 5.